The van der Waals surface area contributed by atoms with Crippen LogP contribution in [0.4, 0.5) is 14.6 Å². The number of nitrogens with zero attached hydrogens (tertiary/aromatic N) is 5. The van der Waals surface area contributed by atoms with Crippen LogP contribution in [0.3, 0.4) is 0 Å². The summed E-state index contributed by atoms with van der Waals surface area (Å²) in [7, 11) is 4.03. The standard InChI is InChI=1S/C36H38F2N6O4/c1-4-24-26(37)6-5-21-13-23(45)14-25(27(21)24)31-29(38)30-28(33(46)44(31)22-15-47-16-22)32(43-11-9-35(10-12-43)17-39-18-35)41-34(40-30)48-20-36(7-8-36)19-42(2)3/h1,5-6,13-14,22,39,45H,7-12,15-20H2,2-3H3. The largest absolute Gasteiger partial charge is 0.508 e. The summed E-state index contributed by atoms with van der Waals surface area (Å²) in [6.45, 7) is 4.75. The van der Waals surface area contributed by atoms with Gasteiger partial charge in [-0.1, -0.05) is 12.0 Å². The number of nitrogens with one attached hydrogen (secondary N) is 1. The van der Waals surface area contributed by atoms with Gasteiger partial charge in [-0.2, -0.15) is 9.97 Å². The van der Waals surface area contributed by atoms with Crippen molar-refractivity contribution in [2.75, 3.05) is 71.5 Å². The first-order valence-electron chi connectivity index (χ1n) is 16.5. The number of anilines is 1. The highest BCUT2D eigenvalue weighted by Crippen LogP contribution is 2.47. The van der Waals surface area contributed by atoms with Gasteiger partial charge in [-0.25, -0.2) is 8.78 Å². The third-order valence-corrected chi connectivity index (χ3v) is 10.6. The molecule has 1 aliphatic carbocycles. The van der Waals surface area contributed by atoms with Gasteiger partial charge in [0.25, 0.3) is 5.56 Å². The number of hydrogen-bond acceptors (Lipinski definition) is 9. The molecule has 10 nitrogen and oxygen atoms in total. The summed E-state index contributed by atoms with van der Waals surface area (Å²) in [5, 5.41) is 14.8. The van der Waals surface area contributed by atoms with Gasteiger partial charge in [0.05, 0.1) is 37.1 Å². The Labute approximate surface area is 276 Å². The van der Waals surface area contributed by atoms with Crippen LogP contribution in [-0.2, 0) is 4.74 Å². The Kier molecular flexibility index (Phi) is 7.36. The molecule has 0 unspecified atom stereocenters. The van der Waals surface area contributed by atoms with Gasteiger partial charge in [0, 0.05) is 49.1 Å². The normalized spacial score (nSPS) is 19.8. The second kappa shape index (κ2) is 11.4. The molecule has 0 atom stereocenters. The quantitative estimate of drug-likeness (QED) is 0.272. The zero-order chi connectivity index (χ0) is 33.4. The zero-order valence-corrected chi connectivity index (χ0v) is 27.1. The summed E-state index contributed by atoms with van der Waals surface area (Å²) in [4.78, 5) is 28.3. The van der Waals surface area contributed by atoms with E-state index >= 15 is 8.78 Å². The summed E-state index contributed by atoms with van der Waals surface area (Å²) in [5.41, 5.74) is -0.655. The third kappa shape index (κ3) is 5.07. The average Bonchev–Trinajstić information content (AvgIpc) is 3.79. The maximum absolute atomic E-state index is 17.5. The number of fused-ring (bicyclic) bond motifs is 2. The van der Waals surface area contributed by atoms with Crippen molar-refractivity contribution in [2.24, 2.45) is 10.8 Å². The molecule has 4 aromatic rings. The molecule has 250 valence electrons. The smallest absolute Gasteiger partial charge is 0.319 e. The van der Waals surface area contributed by atoms with Gasteiger partial charge in [-0.05, 0) is 68.8 Å². The molecule has 0 bridgehead atoms. The van der Waals surface area contributed by atoms with E-state index in [1.165, 1.54) is 28.8 Å². The highest BCUT2D eigenvalue weighted by atomic mass is 19.1. The zero-order valence-electron chi connectivity index (χ0n) is 27.1. The number of phenolic OH excluding ortho intramolecular Hbond substituents is 1. The molecule has 1 saturated carbocycles. The van der Waals surface area contributed by atoms with Gasteiger partial charge in [0.15, 0.2) is 5.82 Å². The van der Waals surface area contributed by atoms with Crippen molar-refractivity contribution in [3.05, 3.63) is 51.8 Å². The number of rotatable bonds is 8. The molecule has 0 amide bonds. The molecular formula is C36H38F2N6O4. The number of ether oxygens (including phenoxy) is 2. The molecule has 4 aliphatic rings. The van der Waals surface area contributed by atoms with Crippen molar-refractivity contribution in [1.82, 2.24) is 24.8 Å². The van der Waals surface area contributed by atoms with Crippen molar-refractivity contribution in [2.45, 2.75) is 31.7 Å². The molecule has 48 heavy (non-hydrogen) atoms. The lowest BCUT2D eigenvalue weighted by molar-refractivity contribution is -0.0241. The fraction of sp³-hybridized carbons (Fsp3) is 0.472. The van der Waals surface area contributed by atoms with E-state index in [4.69, 9.17) is 20.9 Å². The number of pyridine rings is 1. The van der Waals surface area contributed by atoms with E-state index in [-0.39, 0.29) is 68.9 Å². The SMILES string of the molecule is C#Cc1c(F)ccc2cc(O)cc(-c3c(F)c4nc(OCC5(CN(C)C)CC5)nc(N5CCC6(CC5)CNC6)c4c(=O)n3C3COC3)c12. The van der Waals surface area contributed by atoms with Crippen molar-refractivity contribution in [1.29, 1.82) is 0 Å². The Morgan fingerprint density at radius 3 is 2.48 bits per heavy atom. The van der Waals surface area contributed by atoms with Crippen LogP contribution in [0.1, 0.15) is 37.3 Å². The predicted octanol–water partition coefficient (Wildman–Crippen LogP) is 4.06. The number of phenols is 1. The minimum absolute atomic E-state index is 0.00164. The fourth-order valence-electron chi connectivity index (χ4n) is 7.68. The Balaban J connectivity index is 1.36. The summed E-state index contributed by atoms with van der Waals surface area (Å²) < 4.78 is 45.7. The van der Waals surface area contributed by atoms with Crippen molar-refractivity contribution in [3.63, 3.8) is 0 Å². The molecule has 2 aromatic carbocycles. The number of benzene rings is 2. The van der Waals surface area contributed by atoms with E-state index in [1.54, 1.807) is 0 Å². The number of halogens is 2. The summed E-state index contributed by atoms with van der Waals surface area (Å²) in [5.74, 6) is 1.07. The van der Waals surface area contributed by atoms with Gasteiger partial charge in [0.1, 0.15) is 28.3 Å². The maximum atomic E-state index is 17.5. The van der Waals surface area contributed by atoms with Gasteiger partial charge in [-0.3, -0.25) is 9.36 Å². The molecule has 0 radical (unpaired) electrons. The van der Waals surface area contributed by atoms with Crippen LogP contribution >= 0.6 is 0 Å². The van der Waals surface area contributed by atoms with Crippen LogP contribution < -0.4 is 20.5 Å². The predicted molar refractivity (Wildman–Crippen MR) is 179 cm³/mol. The second-order valence-electron chi connectivity index (χ2n) is 14.4. The van der Waals surface area contributed by atoms with Crippen molar-refractivity contribution >= 4 is 27.5 Å². The lowest BCUT2D eigenvalue weighted by Gasteiger charge is -2.48. The minimum Gasteiger partial charge on any atom is -0.508 e. The van der Waals surface area contributed by atoms with Crippen LogP contribution in [0, 0.1) is 34.8 Å². The van der Waals surface area contributed by atoms with Crippen LogP contribution in [-0.4, -0.2) is 91.2 Å². The lowest BCUT2D eigenvalue weighted by Crippen LogP contribution is -2.58. The molecule has 1 spiro atoms. The monoisotopic (exact) mass is 656 g/mol. The Hall–Kier alpha value is -4.31. The van der Waals surface area contributed by atoms with E-state index in [2.05, 4.69) is 21.1 Å². The third-order valence-electron chi connectivity index (χ3n) is 10.6. The number of aromatic nitrogens is 3. The Morgan fingerprint density at radius 1 is 1.12 bits per heavy atom. The van der Waals surface area contributed by atoms with Gasteiger partial charge in [0.2, 0.25) is 0 Å². The van der Waals surface area contributed by atoms with E-state index in [1.807, 2.05) is 19.0 Å². The topological polar surface area (TPSA) is 105 Å². The summed E-state index contributed by atoms with van der Waals surface area (Å²) in [6.07, 6.45) is 9.59. The van der Waals surface area contributed by atoms with Crippen molar-refractivity contribution < 1.29 is 23.4 Å². The number of hydrogen-bond donors (Lipinski definition) is 2. The van der Waals surface area contributed by atoms with Gasteiger partial charge in [-0.15, -0.1) is 6.42 Å². The molecule has 5 heterocycles. The van der Waals surface area contributed by atoms with Gasteiger partial charge < -0.3 is 29.7 Å². The Morgan fingerprint density at radius 2 is 1.88 bits per heavy atom. The number of aromatic hydroxyl groups is 1. The van der Waals surface area contributed by atoms with Crippen LogP contribution in [0.25, 0.3) is 32.9 Å². The molecule has 2 N–H and O–H groups in total. The molecule has 3 aliphatic heterocycles. The number of terminal acetylenes is 1. The molecular weight excluding hydrogens is 618 g/mol. The fourth-order valence-corrected chi connectivity index (χ4v) is 7.68. The van der Waals surface area contributed by atoms with E-state index < -0.39 is 23.2 Å². The van der Waals surface area contributed by atoms with Crippen LogP contribution in [0.15, 0.2) is 29.1 Å². The summed E-state index contributed by atoms with van der Waals surface area (Å²) >= 11 is 0. The molecule has 12 heteroatoms. The number of piperidine rings is 1. The van der Waals surface area contributed by atoms with E-state index in [0.717, 1.165) is 45.3 Å². The van der Waals surface area contributed by atoms with E-state index in [0.29, 0.717) is 30.9 Å². The van der Waals surface area contributed by atoms with Crippen LogP contribution in [0.5, 0.6) is 11.8 Å². The molecule has 4 fully saturated rings. The Bertz CT molecular complexity index is 2050. The first-order valence-corrected chi connectivity index (χ1v) is 16.5. The van der Waals surface area contributed by atoms with Crippen molar-refractivity contribution in [3.8, 4) is 35.4 Å². The first-order chi connectivity index (χ1) is 23.1. The maximum Gasteiger partial charge on any atom is 0.319 e. The first kappa shape index (κ1) is 31.0. The minimum atomic E-state index is -0.810. The van der Waals surface area contributed by atoms with Crippen LogP contribution in [0.2, 0.25) is 0 Å². The lowest BCUT2D eigenvalue weighted by atomic mass is 9.73. The highest BCUT2D eigenvalue weighted by Gasteiger charge is 2.45. The van der Waals surface area contributed by atoms with Gasteiger partial charge >= 0.3 is 6.01 Å². The molecule has 8 rings (SSSR count). The van der Waals surface area contributed by atoms with E-state index in [9.17, 15) is 9.90 Å². The molecule has 3 saturated heterocycles. The second-order valence-corrected chi connectivity index (χ2v) is 14.4. The summed E-state index contributed by atoms with van der Waals surface area (Å²) in [6, 6.07) is 4.91. The molecule has 2 aromatic heterocycles. The average molecular weight is 657 g/mol. The highest BCUT2D eigenvalue weighted by molar-refractivity contribution is 6.03.